The molecule has 136 valence electrons. The van der Waals surface area contributed by atoms with E-state index in [4.69, 9.17) is 21.1 Å². The normalized spacial score (nSPS) is 10.8. The summed E-state index contributed by atoms with van der Waals surface area (Å²) < 4.78 is 12.3. The summed E-state index contributed by atoms with van der Waals surface area (Å²) in [6.07, 6.45) is 4.53. The van der Waals surface area contributed by atoms with E-state index in [2.05, 4.69) is 30.2 Å². The van der Waals surface area contributed by atoms with Crippen LogP contribution in [0.3, 0.4) is 0 Å². The van der Waals surface area contributed by atoms with Crippen molar-refractivity contribution in [1.29, 1.82) is 0 Å². The van der Waals surface area contributed by atoms with E-state index in [9.17, 15) is 0 Å². The number of aromatic nitrogens is 6. The maximum Gasteiger partial charge on any atom is 0.217 e. The minimum absolute atomic E-state index is 0.305. The molecule has 0 amide bonds. The first kappa shape index (κ1) is 17.0. The lowest BCUT2D eigenvalue weighted by molar-refractivity contribution is 0.395. The number of methoxy groups -OCH3 is 2. The van der Waals surface area contributed by atoms with Crippen molar-refractivity contribution in [3.8, 4) is 17.3 Å². The molecule has 0 unspecified atom stereocenters. The molecule has 0 fully saturated rings. The van der Waals surface area contributed by atoms with Gasteiger partial charge in [0.05, 0.1) is 14.2 Å². The summed E-state index contributed by atoms with van der Waals surface area (Å²) in [5, 5.41) is 3.54. The number of hydrogen-bond donors (Lipinski definition) is 1. The molecule has 9 nitrogen and oxygen atoms in total. The highest BCUT2D eigenvalue weighted by molar-refractivity contribution is 6.29. The zero-order chi connectivity index (χ0) is 18.8. The summed E-state index contributed by atoms with van der Waals surface area (Å²) in [6.45, 7) is 0. The number of fused-ring (bicyclic) bond motifs is 1. The number of halogens is 1. The first-order chi connectivity index (χ1) is 13.2. The van der Waals surface area contributed by atoms with Gasteiger partial charge in [-0.1, -0.05) is 11.6 Å². The Kier molecular flexibility index (Phi) is 4.43. The van der Waals surface area contributed by atoms with Crippen molar-refractivity contribution in [1.82, 2.24) is 29.5 Å². The number of benzene rings is 1. The van der Waals surface area contributed by atoms with Crippen molar-refractivity contribution in [2.45, 2.75) is 0 Å². The molecule has 0 atom stereocenters. The van der Waals surface area contributed by atoms with Gasteiger partial charge in [-0.3, -0.25) is 0 Å². The van der Waals surface area contributed by atoms with E-state index in [1.54, 1.807) is 43.3 Å². The van der Waals surface area contributed by atoms with Crippen LogP contribution in [0.1, 0.15) is 0 Å². The SMILES string of the molecule is COc1cc(Nc2nc3nccnc3n2-c2cc(Cl)ncn2)cc(OC)c1. The van der Waals surface area contributed by atoms with E-state index >= 15 is 0 Å². The lowest BCUT2D eigenvalue weighted by atomic mass is 10.3. The predicted molar refractivity (Wildman–Crippen MR) is 100 cm³/mol. The van der Waals surface area contributed by atoms with E-state index in [1.165, 1.54) is 6.33 Å². The lowest BCUT2D eigenvalue weighted by Gasteiger charge is -2.12. The smallest absolute Gasteiger partial charge is 0.217 e. The first-order valence-corrected chi connectivity index (χ1v) is 8.23. The summed E-state index contributed by atoms with van der Waals surface area (Å²) >= 11 is 6.03. The van der Waals surface area contributed by atoms with Gasteiger partial charge < -0.3 is 14.8 Å². The Labute approximate surface area is 159 Å². The van der Waals surface area contributed by atoms with Crippen LogP contribution in [-0.2, 0) is 0 Å². The third-order valence-corrected chi connectivity index (χ3v) is 3.96. The molecule has 0 radical (unpaired) electrons. The van der Waals surface area contributed by atoms with Crippen molar-refractivity contribution in [3.05, 3.63) is 48.1 Å². The summed E-state index contributed by atoms with van der Waals surface area (Å²) in [5.41, 5.74) is 1.71. The van der Waals surface area contributed by atoms with Gasteiger partial charge in [0.25, 0.3) is 0 Å². The topological polar surface area (TPSA) is 99.9 Å². The number of nitrogens with zero attached hydrogens (tertiary/aromatic N) is 6. The molecule has 0 bridgehead atoms. The van der Waals surface area contributed by atoms with Gasteiger partial charge in [-0.05, 0) is 0 Å². The molecule has 3 heterocycles. The van der Waals surface area contributed by atoms with Crippen molar-refractivity contribution in [2.75, 3.05) is 19.5 Å². The van der Waals surface area contributed by atoms with E-state index in [0.29, 0.717) is 45.4 Å². The highest BCUT2D eigenvalue weighted by Gasteiger charge is 2.16. The van der Waals surface area contributed by atoms with Crippen LogP contribution in [-0.4, -0.2) is 43.7 Å². The van der Waals surface area contributed by atoms with Gasteiger partial charge >= 0.3 is 0 Å². The van der Waals surface area contributed by atoms with E-state index in [1.807, 2.05) is 12.1 Å². The third-order valence-electron chi connectivity index (χ3n) is 3.75. The molecule has 1 aromatic carbocycles. The third kappa shape index (κ3) is 3.32. The van der Waals surface area contributed by atoms with Crippen LogP contribution in [0.15, 0.2) is 43.0 Å². The van der Waals surface area contributed by atoms with Gasteiger partial charge in [0.2, 0.25) is 5.95 Å². The molecule has 0 saturated carbocycles. The molecule has 0 aliphatic rings. The molecule has 10 heteroatoms. The van der Waals surface area contributed by atoms with E-state index in [-0.39, 0.29) is 0 Å². The molecule has 4 aromatic rings. The fraction of sp³-hybridized carbons (Fsp3) is 0.118. The van der Waals surface area contributed by atoms with Gasteiger partial charge in [0.15, 0.2) is 11.3 Å². The average molecular weight is 384 g/mol. The largest absolute Gasteiger partial charge is 0.497 e. The molecule has 0 aliphatic carbocycles. The number of imidazole rings is 1. The van der Waals surface area contributed by atoms with Crippen LogP contribution in [0, 0.1) is 0 Å². The molecule has 27 heavy (non-hydrogen) atoms. The quantitative estimate of drug-likeness (QED) is 0.525. The summed E-state index contributed by atoms with van der Waals surface area (Å²) in [5.74, 6) is 2.25. The average Bonchev–Trinajstić information content (AvgIpc) is 3.05. The molecular weight excluding hydrogens is 370 g/mol. The number of rotatable bonds is 5. The highest BCUT2D eigenvalue weighted by Crippen LogP contribution is 2.30. The van der Waals surface area contributed by atoms with Crippen LogP contribution < -0.4 is 14.8 Å². The van der Waals surface area contributed by atoms with Crippen molar-refractivity contribution in [2.24, 2.45) is 0 Å². The van der Waals surface area contributed by atoms with Crippen molar-refractivity contribution >= 4 is 34.5 Å². The molecule has 4 rings (SSSR count). The Balaban J connectivity index is 1.86. The Morgan fingerprint density at radius 2 is 1.67 bits per heavy atom. The Bertz CT molecular complexity index is 1090. The van der Waals surface area contributed by atoms with Crippen LogP contribution in [0.25, 0.3) is 17.1 Å². The summed E-state index contributed by atoms with van der Waals surface area (Å²) in [4.78, 5) is 21.3. The molecule has 3 aromatic heterocycles. The van der Waals surface area contributed by atoms with Crippen LogP contribution in [0.2, 0.25) is 5.15 Å². The van der Waals surface area contributed by atoms with Crippen LogP contribution in [0.4, 0.5) is 11.6 Å². The summed E-state index contributed by atoms with van der Waals surface area (Å²) in [7, 11) is 3.18. The van der Waals surface area contributed by atoms with Crippen LogP contribution in [0.5, 0.6) is 11.5 Å². The van der Waals surface area contributed by atoms with Gasteiger partial charge in [-0.2, -0.15) is 4.98 Å². The van der Waals surface area contributed by atoms with Gasteiger partial charge in [-0.25, -0.2) is 24.5 Å². The van der Waals surface area contributed by atoms with Gasteiger partial charge in [0.1, 0.15) is 28.8 Å². The van der Waals surface area contributed by atoms with Gasteiger partial charge in [0, 0.05) is 42.3 Å². The van der Waals surface area contributed by atoms with Crippen molar-refractivity contribution < 1.29 is 9.47 Å². The second kappa shape index (κ2) is 7.04. The number of ether oxygens (including phenoxy) is 2. The standard InChI is InChI=1S/C17H14ClN7O2/c1-26-11-5-10(6-12(7-11)27-2)23-17-24-15-16(20-4-3-19-15)25(17)14-8-13(18)21-9-22-14/h3-9H,1-2H3,(H,19,23,24). The fourth-order valence-electron chi connectivity index (χ4n) is 2.57. The zero-order valence-electron chi connectivity index (χ0n) is 14.4. The van der Waals surface area contributed by atoms with E-state index < -0.39 is 0 Å². The molecule has 0 saturated heterocycles. The monoisotopic (exact) mass is 383 g/mol. The minimum Gasteiger partial charge on any atom is -0.497 e. The number of hydrogen-bond acceptors (Lipinski definition) is 8. The zero-order valence-corrected chi connectivity index (χ0v) is 15.2. The molecular formula is C17H14ClN7O2. The fourth-order valence-corrected chi connectivity index (χ4v) is 2.71. The van der Waals surface area contributed by atoms with E-state index in [0.717, 1.165) is 0 Å². The Morgan fingerprint density at radius 1 is 0.926 bits per heavy atom. The highest BCUT2D eigenvalue weighted by atomic mass is 35.5. The predicted octanol–water partition coefficient (Wildman–Crippen LogP) is 3.02. The molecule has 1 N–H and O–H groups in total. The molecule has 0 spiro atoms. The number of anilines is 2. The van der Waals surface area contributed by atoms with Crippen LogP contribution >= 0.6 is 11.6 Å². The second-order valence-electron chi connectivity index (χ2n) is 5.40. The minimum atomic E-state index is 0.305. The maximum absolute atomic E-state index is 6.03. The first-order valence-electron chi connectivity index (χ1n) is 7.85. The Morgan fingerprint density at radius 3 is 2.37 bits per heavy atom. The maximum atomic E-state index is 6.03. The molecule has 0 aliphatic heterocycles. The second-order valence-corrected chi connectivity index (χ2v) is 5.79. The number of nitrogens with one attached hydrogen (secondary N) is 1. The van der Waals surface area contributed by atoms with Crippen molar-refractivity contribution in [3.63, 3.8) is 0 Å². The summed E-state index contributed by atoms with van der Waals surface area (Å²) in [6, 6.07) is 7.04. The Hall–Kier alpha value is -3.46. The lowest BCUT2D eigenvalue weighted by Crippen LogP contribution is -2.05. The van der Waals surface area contributed by atoms with Gasteiger partial charge in [-0.15, -0.1) is 0 Å².